The summed E-state index contributed by atoms with van der Waals surface area (Å²) in [6.45, 7) is 16.7. The molecule has 0 bridgehead atoms. The van der Waals surface area contributed by atoms with Crippen LogP contribution in [0.15, 0.2) is 48.8 Å². The zero-order valence-electron chi connectivity index (χ0n) is 41.5. The molecule has 68 heavy (non-hydrogen) atoms. The Morgan fingerprint density at radius 2 is 1.03 bits per heavy atom. The van der Waals surface area contributed by atoms with Gasteiger partial charge in [0.05, 0.1) is 75.5 Å². The van der Waals surface area contributed by atoms with E-state index in [2.05, 4.69) is 63.9 Å². The minimum absolute atomic E-state index is 0.0317. The van der Waals surface area contributed by atoms with Gasteiger partial charge in [-0.05, 0) is 133 Å². The molecular weight excluding hydrogens is 865 g/mol. The Bertz CT molecular complexity index is 2360. The van der Waals surface area contributed by atoms with Crippen LogP contribution >= 0.6 is 0 Å². The number of nitrogens with one attached hydrogen (secondary N) is 4. The van der Waals surface area contributed by atoms with E-state index in [9.17, 15) is 19.2 Å². The average molecular weight is 937 g/mol. The molecular formula is C52H72N8O8. The minimum atomic E-state index is -0.758. The molecule has 0 spiro atoms. The van der Waals surface area contributed by atoms with Crippen molar-refractivity contribution >= 4 is 24.0 Å². The maximum absolute atomic E-state index is 14.4. The minimum Gasteiger partial charge on any atom is -0.453 e. The molecule has 2 saturated heterocycles. The van der Waals surface area contributed by atoms with E-state index in [1.165, 1.54) is 30.9 Å². The van der Waals surface area contributed by atoms with Crippen LogP contribution in [0.25, 0.3) is 33.6 Å². The van der Waals surface area contributed by atoms with Gasteiger partial charge in [0.15, 0.2) is 0 Å². The molecule has 2 fully saturated rings. The van der Waals surface area contributed by atoms with Crippen molar-refractivity contribution in [2.45, 2.75) is 168 Å². The van der Waals surface area contributed by atoms with Crippen LogP contribution in [0, 0.1) is 11.8 Å². The summed E-state index contributed by atoms with van der Waals surface area (Å²) in [6.07, 6.45) is 8.26. The maximum atomic E-state index is 14.4. The molecule has 16 heteroatoms. The summed E-state index contributed by atoms with van der Waals surface area (Å²) < 4.78 is 21.8. The fourth-order valence-corrected chi connectivity index (χ4v) is 10.5. The van der Waals surface area contributed by atoms with E-state index in [1.54, 1.807) is 6.20 Å². The van der Waals surface area contributed by atoms with Gasteiger partial charge in [0.1, 0.15) is 23.7 Å². The van der Waals surface area contributed by atoms with Gasteiger partial charge in [0.25, 0.3) is 0 Å². The van der Waals surface area contributed by atoms with E-state index < -0.39 is 24.3 Å². The van der Waals surface area contributed by atoms with Crippen LogP contribution < -0.4 is 10.6 Å². The van der Waals surface area contributed by atoms with Gasteiger partial charge in [-0.2, -0.15) is 0 Å². The van der Waals surface area contributed by atoms with Crippen LogP contribution in [0.5, 0.6) is 0 Å². The fraction of sp³-hybridized carbons (Fsp3) is 0.577. The van der Waals surface area contributed by atoms with Crippen LogP contribution in [0.1, 0.15) is 117 Å². The number of hydrogen-bond donors (Lipinski definition) is 4. The first-order chi connectivity index (χ1) is 32.6. The van der Waals surface area contributed by atoms with Crippen molar-refractivity contribution in [3.05, 3.63) is 71.6 Å². The van der Waals surface area contributed by atoms with Crippen molar-refractivity contribution in [2.75, 3.05) is 14.2 Å². The normalized spacial score (nSPS) is 22.9. The number of aromatic nitrogens is 4. The first-order valence-corrected chi connectivity index (χ1v) is 24.5. The van der Waals surface area contributed by atoms with Gasteiger partial charge in [-0.1, -0.05) is 50.2 Å². The van der Waals surface area contributed by atoms with E-state index in [-0.39, 0.29) is 73.2 Å². The largest absolute Gasteiger partial charge is 0.453 e. The molecule has 3 aliphatic rings. The lowest BCUT2D eigenvalue weighted by atomic mass is 9.79. The number of fused-ring (bicyclic) bond motifs is 1. The van der Waals surface area contributed by atoms with Gasteiger partial charge < -0.3 is 49.3 Å². The number of carbonyl (C=O) groups is 4. The summed E-state index contributed by atoms with van der Waals surface area (Å²) in [6, 6.07) is 11.1. The van der Waals surface area contributed by atoms with Crippen molar-refractivity contribution in [3.63, 3.8) is 0 Å². The number of imidazole rings is 2. The molecule has 2 unspecified atom stereocenters. The summed E-state index contributed by atoms with van der Waals surface area (Å²) >= 11 is 0. The second-order valence-electron chi connectivity index (χ2n) is 19.3. The van der Waals surface area contributed by atoms with Crippen LogP contribution in [0.4, 0.5) is 9.59 Å². The topological polar surface area (TPSA) is 193 Å². The Balaban J connectivity index is 1.05. The van der Waals surface area contributed by atoms with Crippen molar-refractivity contribution < 1.29 is 38.1 Å². The lowest BCUT2D eigenvalue weighted by Gasteiger charge is -2.39. The molecule has 4 amide bonds. The molecule has 0 saturated carbocycles. The van der Waals surface area contributed by atoms with E-state index in [4.69, 9.17) is 28.9 Å². The Morgan fingerprint density at radius 1 is 0.632 bits per heavy atom. The number of H-pyrrole nitrogens is 2. The number of nitrogens with zero attached hydrogens (tertiary/aromatic N) is 4. The Hall–Kier alpha value is -5.74. The molecule has 4 aromatic rings. The second kappa shape index (κ2) is 22.1. The number of benzene rings is 2. The molecule has 2 aromatic heterocycles. The first kappa shape index (κ1) is 50.1. The number of aromatic amines is 2. The summed E-state index contributed by atoms with van der Waals surface area (Å²) in [7, 11) is 2.62. The summed E-state index contributed by atoms with van der Waals surface area (Å²) in [4.78, 5) is 74.0. The van der Waals surface area contributed by atoms with Gasteiger partial charge in [-0.15, -0.1) is 0 Å². The first-order valence-electron chi connectivity index (χ1n) is 24.5. The smallest absolute Gasteiger partial charge is 0.407 e. The number of carbonyl (C=O) groups excluding carboxylic acids is 4. The highest BCUT2D eigenvalue weighted by Gasteiger charge is 2.41. The van der Waals surface area contributed by atoms with Crippen molar-refractivity contribution in [2.24, 2.45) is 11.8 Å². The predicted octanol–water partition coefficient (Wildman–Crippen LogP) is 8.34. The van der Waals surface area contributed by atoms with Crippen LogP contribution in [-0.2, 0) is 54.5 Å². The molecule has 4 heterocycles. The quantitative estimate of drug-likeness (QED) is 0.0800. The van der Waals surface area contributed by atoms with Gasteiger partial charge in [0.2, 0.25) is 11.8 Å². The van der Waals surface area contributed by atoms with E-state index in [1.807, 2.05) is 64.5 Å². The highest BCUT2D eigenvalue weighted by Crippen LogP contribution is 2.40. The molecule has 1 aliphatic carbocycles. The standard InChI is InChI=1S/C52H72N8O8/c1-11-29(3)59(49(61)47(57-51(63)65-9)37-21-31(5)67-32(6)22-37)27-45-53-25-43(55-45)36-15-13-35(14-16-36)39-17-20-42(41-19-18-40(39)41)44-26-54-46(56-44)28-60(30(4)12-2)50(62)48(58-52(64)66-10)38-23-33(7)68-34(8)24-38/h13-17,20,25-26,29-34,37-38,47-48H,11-12,18-19,21-24,27-28H2,1-10H3,(H,53,55)(H,54,56)(H,57,63)(H,58,64)/t29-,30-,31-,32+,33-,34+,37?,38?,47-,48-/m0/s1. The maximum Gasteiger partial charge on any atom is 0.407 e. The zero-order valence-corrected chi connectivity index (χ0v) is 41.5. The van der Waals surface area contributed by atoms with Gasteiger partial charge in [-0.25, -0.2) is 19.6 Å². The molecule has 16 nitrogen and oxygen atoms in total. The molecule has 10 atom stereocenters. The third-order valence-electron chi connectivity index (χ3n) is 14.4. The van der Waals surface area contributed by atoms with E-state index in [0.29, 0.717) is 37.3 Å². The van der Waals surface area contributed by atoms with Gasteiger partial charge in [0, 0.05) is 17.6 Å². The number of alkyl carbamates (subject to hydrolysis) is 2. The molecule has 7 rings (SSSR count). The van der Waals surface area contributed by atoms with Crippen molar-refractivity contribution in [1.82, 2.24) is 40.4 Å². The van der Waals surface area contributed by atoms with E-state index in [0.717, 1.165) is 53.8 Å². The number of hydrogen-bond acceptors (Lipinski definition) is 10. The van der Waals surface area contributed by atoms with Crippen LogP contribution in [0.3, 0.4) is 0 Å². The summed E-state index contributed by atoms with van der Waals surface area (Å²) in [5, 5.41) is 5.73. The van der Waals surface area contributed by atoms with Gasteiger partial charge in [-0.3, -0.25) is 9.59 Å². The molecule has 0 radical (unpaired) electrons. The Kier molecular flexibility index (Phi) is 16.3. The van der Waals surface area contributed by atoms with Crippen molar-refractivity contribution in [3.8, 4) is 33.6 Å². The zero-order chi connectivity index (χ0) is 48.8. The Labute approximate surface area is 401 Å². The number of amides is 4. The third kappa shape index (κ3) is 11.4. The van der Waals surface area contributed by atoms with Crippen LogP contribution in [-0.4, -0.2) is 117 Å². The summed E-state index contributed by atoms with van der Waals surface area (Å²) in [5.41, 5.74) is 8.70. The van der Waals surface area contributed by atoms with Crippen LogP contribution in [0.2, 0.25) is 0 Å². The summed E-state index contributed by atoms with van der Waals surface area (Å²) in [5.74, 6) is 0.802. The van der Waals surface area contributed by atoms with Gasteiger partial charge >= 0.3 is 12.2 Å². The SMILES string of the molecule is CC[C@H](C)N(Cc1ncc(-c2ccc(-c3ccc(-c4cnc(CN(C(=O)[C@@H](NC(=O)OC)C5C[C@@H](C)O[C@@H](C)C5)[C@@H](C)CC)[nH]4)c4c3CC4)cc2)[nH]1)C(=O)[C@@H](NC(=O)OC)C1C[C@@H](C)O[C@@H](C)C1. The number of methoxy groups -OCH3 is 2. The molecule has 368 valence electrons. The lowest BCUT2D eigenvalue weighted by molar-refractivity contribution is -0.141. The third-order valence-corrected chi connectivity index (χ3v) is 14.4. The van der Waals surface area contributed by atoms with Crippen molar-refractivity contribution in [1.29, 1.82) is 0 Å². The second-order valence-corrected chi connectivity index (χ2v) is 19.3. The molecule has 2 aromatic carbocycles. The lowest BCUT2D eigenvalue weighted by Crippen LogP contribution is -2.56. The highest BCUT2D eigenvalue weighted by atomic mass is 16.5. The number of ether oxygens (including phenoxy) is 4. The number of rotatable bonds is 17. The predicted molar refractivity (Wildman–Crippen MR) is 259 cm³/mol. The van der Waals surface area contributed by atoms with E-state index >= 15 is 0 Å². The molecule has 4 N–H and O–H groups in total. The Morgan fingerprint density at radius 3 is 1.46 bits per heavy atom. The fourth-order valence-electron chi connectivity index (χ4n) is 10.5. The average Bonchev–Trinajstić information content (AvgIpc) is 3.99. The highest BCUT2D eigenvalue weighted by molar-refractivity contribution is 5.87. The molecule has 2 aliphatic heterocycles. The monoisotopic (exact) mass is 937 g/mol.